The molecule has 1 aliphatic carbocycles. The van der Waals surface area contributed by atoms with E-state index in [1.807, 2.05) is 0 Å². The molecule has 11 rings (SSSR count). The van der Waals surface area contributed by atoms with Crippen LogP contribution in [0.3, 0.4) is 0 Å². The van der Waals surface area contributed by atoms with Crippen molar-refractivity contribution < 1.29 is 4.57 Å². The Morgan fingerprint density at radius 2 is 0.898 bits per heavy atom. The van der Waals surface area contributed by atoms with E-state index in [1.165, 1.54) is 66.1 Å². The minimum absolute atomic E-state index is 0.0198. The van der Waals surface area contributed by atoms with E-state index in [2.05, 4.69) is 252 Å². The number of hydrogen-bond acceptors (Lipinski definition) is 1. The molecule has 0 spiro atoms. The van der Waals surface area contributed by atoms with Gasteiger partial charge in [-0.2, -0.15) is 4.57 Å². The van der Waals surface area contributed by atoms with Crippen LogP contribution in [0.1, 0.15) is 39.4 Å². The molecule has 0 saturated carbocycles. The second kappa shape index (κ2) is 14.4. The molecule has 2 nitrogen and oxygen atoms in total. The van der Waals surface area contributed by atoms with Crippen molar-refractivity contribution in [3.63, 3.8) is 0 Å². The van der Waals surface area contributed by atoms with Gasteiger partial charge in [-0.1, -0.05) is 176 Å². The number of pyridine rings is 1. The first-order valence-corrected chi connectivity index (χ1v) is 20.5. The zero-order valence-corrected chi connectivity index (χ0v) is 32.6. The van der Waals surface area contributed by atoms with Crippen molar-refractivity contribution in [2.45, 2.75) is 11.5 Å². The molecular weight excluding hydrogens is 713 g/mol. The molecule has 0 N–H and O–H groups in total. The minimum atomic E-state index is -0.617. The highest BCUT2D eigenvalue weighted by Crippen LogP contribution is 2.61. The van der Waals surface area contributed by atoms with Crippen LogP contribution >= 0.6 is 0 Å². The number of fused-ring (bicyclic) bond motifs is 8. The fourth-order valence-electron chi connectivity index (χ4n) is 9.88. The maximum atomic E-state index is 2.52. The maximum Gasteiger partial charge on any atom is 0.208 e. The molecule has 1 aromatic heterocycles. The third-order valence-electron chi connectivity index (χ3n) is 12.3. The number of anilines is 3. The molecule has 0 aliphatic heterocycles. The van der Waals surface area contributed by atoms with Gasteiger partial charge in [0, 0.05) is 40.3 Å². The third-order valence-corrected chi connectivity index (χ3v) is 12.3. The molecule has 1 atom stereocenters. The lowest BCUT2D eigenvalue weighted by Crippen LogP contribution is -2.40. The van der Waals surface area contributed by atoms with Gasteiger partial charge in [-0.05, 0) is 97.4 Å². The van der Waals surface area contributed by atoms with Crippen molar-refractivity contribution in [1.82, 2.24) is 0 Å². The van der Waals surface area contributed by atoms with E-state index in [4.69, 9.17) is 0 Å². The van der Waals surface area contributed by atoms with Gasteiger partial charge in [-0.3, -0.25) is 0 Å². The lowest BCUT2D eigenvalue weighted by Gasteiger charge is -2.35. The van der Waals surface area contributed by atoms with Gasteiger partial charge in [0.15, 0.2) is 12.4 Å². The molecule has 10 aromatic rings. The Hall–Kier alpha value is -7.55. The Morgan fingerprint density at radius 1 is 0.373 bits per heavy atom. The summed E-state index contributed by atoms with van der Waals surface area (Å²) in [6, 6.07) is 84.5. The molecular formula is C57H41N2+. The normalized spacial score (nSPS) is 13.2. The Kier molecular flexibility index (Phi) is 8.48. The summed E-state index contributed by atoms with van der Waals surface area (Å²) < 4.78 is 2.34. The number of aromatic nitrogens is 1. The quantitative estimate of drug-likeness (QED) is 0.111. The molecule has 0 fully saturated rings. The summed E-state index contributed by atoms with van der Waals surface area (Å²) in [6.45, 7) is 0. The fourth-order valence-corrected chi connectivity index (χ4v) is 9.88. The van der Waals surface area contributed by atoms with E-state index in [9.17, 15) is 0 Å². The third kappa shape index (κ3) is 5.60. The zero-order chi connectivity index (χ0) is 39.2. The van der Waals surface area contributed by atoms with Crippen LogP contribution in [0.15, 0.2) is 243 Å². The summed E-state index contributed by atoms with van der Waals surface area (Å²) in [5, 5.41) is 5.00. The molecule has 59 heavy (non-hydrogen) atoms. The Bertz CT molecular complexity index is 2960. The van der Waals surface area contributed by atoms with Gasteiger partial charge in [0.05, 0.1) is 5.41 Å². The topological polar surface area (TPSA) is 7.12 Å². The second-order valence-electron chi connectivity index (χ2n) is 15.5. The minimum Gasteiger partial charge on any atom is -0.310 e. The van der Waals surface area contributed by atoms with Crippen LogP contribution in [-0.2, 0) is 5.41 Å². The van der Waals surface area contributed by atoms with Crippen molar-refractivity contribution in [3.05, 3.63) is 276 Å². The summed E-state index contributed by atoms with van der Waals surface area (Å²) in [5.74, 6) is 0. The predicted octanol–water partition coefficient (Wildman–Crippen LogP) is 13.8. The highest BCUT2D eigenvalue weighted by Gasteiger charge is 2.48. The first-order chi connectivity index (χ1) is 29.3. The summed E-state index contributed by atoms with van der Waals surface area (Å²) in [4.78, 5) is 2.37. The van der Waals surface area contributed by atoms with Gasteiger partial charge in [0.25, 0.3) is 0 Å². The van der Waals surface area contributed by atoms with Crippen LogP contribution in [0.5, 0.6) is 0 Å². The number of para-hydroxylation sites is 2. The number of benzene rings is 9. The molecule has 0 saturated heterocycles. The first-order valence-electron chi connectivity index (χ1n) is 20.5. The number of nitrogens with zero attached hydrogens (tertiary/aromatic N) is 2. The lowest BCUT2D eigenvalue weighted by molar-refractivity contribution is -0.704. The SMILES string of the molecule is c1ccc(C(c2ccc3c(c2)C(c2ccccc2)(c2ccccc2)c2c-3c3ccccc3c3cc(N(c4ccccc4)c4ccccc4)ccc23)[n+]2ccccc2)cc1. The largest absolute Gasteiger partial charge is 0.310 e. The van der Waals surface area contributed by atoms with E-state index in [-0.39, 0.29) is 6.04 Å². The van der Waals surface area contributed by atoms with Crippen LogP contribution in [0.2, 0.25) is 0 Å². The smallest absolute Gasteiger partial charge is 0.208 e. The van der Waals surface area contributed by atoms with Crippen molar-refractivity contribution in [3.8, 4) is 11.1 Å². The average molecular weight is 754 g/mol. The lowest BCUT2D eigenvalue weighted by atomic mass is 9.66. The van der Waals surface area contributed by atoms with Crippen LogP contribution in [0.4, 0.5) is 17.1 Å². The van der Waals surface area contributed by atoms with Gasteiger partial charge >= 0.3 is 0 Å². The molecule has 0 bridgehead atoms. The first kappa shape index (κ1) is 34.7. The van der Waals surface area contributed by atoms with Crippen LogP contribution in [0, 0.1) is 0 Å². The molecule has 1 unspecified atom stereocenters. The Labute approximate surface area is 345 Å². The fraction of sp³-hybridized carbons (Fsp3) is 0.0351. The molecule has 0 radical (unpaired) electrons. The number of hydrogen-bond donors (Lipinski definition) is 0. The summed E-state index contributed by atoms with van der Waals surface area (Å²) in [6.07, 6.45) is 4.38. The van der Waals surface area contributed by atoms with Crippen LogP contribution < -0.4 is 9.47 Å². The van der Waals surface area contributed by atoms with E-state index in [0.717, 1.165) is 17.1 Å². The van der Waals surface area contributed by atoms with Crippen LogP contribution in [0.25, 0.3) is 32.7 Å². The molecule has 0 amide bonds. The Morgan fingerprint density at radius 3 is 1.51 bits per heavy atom. The van der Waals surface area contributed by atoms with Gasteiger partial charge in [-0.15, -0.1) is 0 Å². The summed E-state index contributed by atoms with van der Waals surface area (Å²) >= 11 is 0. The van der Waals surface area contributed by atoms with E-state index >= 15 is 0 Å². The van der Waals surface area contributed by atoms with Gasteiger partial charge < -0.3 is 4.90 Å². The zero-order valence-electron chi connectivity index (χ0n) is 32.6. The summed E-state index contributed by atoms with van der Waals surface area (Å²) in [5.41, 5.74) is 13.0. The molecule has 2 heteroatoms. The average Bonchev–Trinajstić information content (AvgIpc) is 3.63. The monoisotopic (exact) mass is 753 g/mol. The van der Waals surface area contributed by atoms with E-state index in [0.29, 0.717) is 0 Å². The van der Waals surface area contributed by atoms with Gasteiger partial charge in [0.2, 0.25) is 6.04 Å². The summed E-state index contributed by atoms with van der Waals surface area (Å²) in [7, 11) is 0. The maximum absolute atomic E-state index is 2.52. The van der Waals surface area contributed by atoms with Crippen molar-refractivity contribution in [2.24, 2.45) is 0 Å². The highest BCUT2D eigenvalue weighted by molar-refractivity contribution is 6.20. The number of rotatable bonds is 8. The standard InChI is InChI=1S/C57H41N2/c1-7-21-41(22-8-1)56(58-37-19-6-20-38-58)42-33-35-51-53(39-42)57(43-23-9-2-10-24-43,44-25-11-3-12-26-44)55-50-36-34-47(40-52(50)48-31-17-18-32-49(48)54(51)55)59(45-27-13-4-14-28-45)46-29-15-5-16-30-46/h1-40,56H/q+1. The predicted molar refractivity (Wildman–Crippen MR) is 244 cm³/mol. The van der Waals surface area contributed by atoms with Crippen molar-refractivity contribution in [2.75, 3.05) is 4.90 Å². The Balaban J connectivity index is 1.26. The molecule has 1 aliphatic rings. The van der Waals surface area contributed by atoms with E-state index < -0.39 is 5.41 Å². The molecule has 278 valence electrons. The second-order valence-corrected chi connectivity index (χ2v) is 15.5. The van der Waals surface area contributed by atoms with Crippen molar-refractivity contribution >= 4 is 38.6 Å². The van der Waals surface area contributed by atoms with Gasteiger partial charge in [0.1, 0.15) is 0 Å². The van der Waals surface area contributed by atoms with E-state index in [1.54, 1.807) is 0 Å². The van der Waals surface area contributed by atoms with Crippen molar-refractivity contribution in [1.29, 1.82) is 0 Å². The van der Waals surface area contributed by atoms with Gasteiger partial charge in [-0.25, -0.2) is 0 Å². The highest BCUT2D eigenvalue weighted by atomic mass is 15.1. The molecule has 9 aromatic carbocycles. The van der Waals surface area contributed by atoms with Crippen LogP contribution in [-0.4, -0.2) is 0 Å². The molecule has 1 heterocycles.